The highest BCUT2D eigenvalue weighted by Gasteiger charge is 2.03. The minimum atomic E-state index is -0.640. The van der Waals surface area contributed by atoms with Crippen molar-refractivity contribution in [2.24, 2.45) is 5.10 Å². The number of hydrogen-bond acceptors (Lipinski definition) is 6. The number of carbonyl (C=O) groups excluding carboxylic acids is 1. The molecule has 0 radical (unpaired) electrons. The number of hydrazone groups is 1. The Kier molecular flexibility index (Phi) is 5.42. The Bertz CT molecular complexity index is 642. The van der Waals surface area contributed by atoms with Gasteiger partial charge in [-0.2, -0.15) is 5.10 Å². The van der Waals surface area contributed by atoms with Gasteiger partial charge in [0.05, 0.1) is 19.0 Å². The van der Waals surface area contributed by atoms with Gasteiger partial charge < -0.3 is 9.47 Å². The molecule has 0 atom stereocenters. The zero-order valence-electron chi connectivity index (χ0n) is 12.3. The van der Waals surface area contributed by atoms with Gasteiger partial charge in [-0.15, -0.1) is 0 Å². The summed E-state index contributed by atoms with van der Waals surface area (Å²) in [5.41, 5.74) is 4.28. The lowest BCUT2D eigenvalue weighted by Gasteiger charge is -2.05. The Morgan fingerprint density at radius 3 is 2.68 bits per heavy atom. The van der Waals surface area contributed by atoms with Crippen LogP contribution < -0.4 is 10.2 Å². The molecule has 1 amide bonds. The molecular weight excluding hydrogens is 284 g/mol. The van der Waals surface area contributed by atoms with Crippen LogP contribution in [-0.4, -0.2) is 28.9 Å². The molecule has 1 aromatic heterocycles. The molecule has 0 unspecified atom stereocenters. The molecule has 0 aliphatic carbocycles. The van der Waals surface area contributed by atoms with Gasteiger partial charge in [-0.3, -0.25) is 9.97 Å². The van der Waals surface area contributed by atoms with Crippen LogP contribution in [-0.2, 0) is 11.3 Å². The van der Waals surface area contributed by atoms with Crippen LogP contribution in [0.25, 0.3) is 0 Å². The Morgan fingerprint density at radius 2 is 2.05 bits per heavy atom. The second kappa shape index (κ2) is 7.72. The van der Waals surface area contributed by atoms with Crippen LogP contribution in [0.5, 0.6) is 5.75 Å². The lowest BCUT2D eigenvalue weighted by Crippen LogP contribution is -2.20. The van der Waals surface area contributed by atoms with Crippen LogP contribution in [0.15, 0.2) is 48.0 Å². The second-order valence-corrected chi connectivity index (χ2v) is 4.32. The van der Waals surface area contributed by atoms with Crippen LogP contribution in [0.4, 0.5) is 4.79 Å². The highest BCUT2D eigenvalue weighted by Crippen LogP contribution is 2.11. The fourth-order valence-electron chi connectivity index (χ4n) is 1.58. The van der Waals surface area contributed by atoms with E-state index < -0.39 is 6.09 Å². The van der Waals surface area contributed by atoms with E-state index in [1.807, 2.05) is 12.1 Å². The summed E-state index contributed by atoms with van der Waals surface area (Å²) in [4.78, 5) is 19.6. The molecule has 1 heterocycles. The number of carbonyl (C=O) groups is 1. The molecule has 0 spiro atoms. The van der Waals surface area contributed by atoms with E-state index >= 15 is 0 Å². The van der Waals surface area contributed by atoms with E-state index in [2.05, 4.69) is 20.5 Å². The molecule has 0 fully saturated rings. The lowest BCUT2D eigenvalue weighted by atomic mass is 10.2. The van der Waals surface area contributed by atoms with Gasteiger partial charge in [0.25, 0.3) is 0 Å². The van der Waals surface area contributed by atoms with Gasteiger partial charge in [0.1, 0.15) is 18.1 Å². The third kappa shape index (κ3) is 4.55. The first-order chi connectivity index (χ1) is 10.7. The van der Waals surface area contributed by atoms with E-state index in [9.17, 15) is 4.79 Å². The van der Waals surface area contributed by atoms with Gasteiger partial charge >= 0.3 is 6.09 Å². The topological polar surface area (TPSA) is 85.7 Å². The maximum atomic E-state index is 11.6. The van der Waals surface area contributed by atoms with Gasteiger partial charge in [-0.05, 0) is 24.6 Å². The Labute approximate surface area is 128 Å². The molecule has 0 bridgehead atoms. The number of nitrogens with zero attached hydrogens (tertiary/aromatic N) is 3. The maximum Gasteiger partial charge on any atom is 0.428 e. The third-order valence-electron chi connectivity index (χ3n) is 2.78. The summed E-state index contributed by atoms with van der Waals surface area (Å²) in [5.74, 6) is 0.748. The largest absolute Gasteiger partial charge is 0.497 e. The molecule has 2 aromatic rings. The molecule has 1 N–H and O–H groups in total. The number of amides is 1. The number of nitrogens with one attached hydrogen (secondary N) is 1. The van der Waals surface area contributed by atoms with Crippen LogP contribution in [0.1, 0.15) is 18.2 Å². The molecular formula is C15H16N4O3. The van der Waals surface area contributed by atoms with Crippen LogP contribution >= 0.6 is 0 Å². The Morgan fingerprint density at radius 1 is 1.27 bits per heavy atom. The Hall–Kier alpha value is -2.96. The van der Waals surface area contributed by atoms with Crippen molar-refractivity contribution in [3.05, 3.63) is 54.1 Å². The minimum absolute atomic E-state index is 0.148. The smallest absolute Gasteiger partial charge is 0.428 e. The second-order valence-electron chi connectivity index (χ2n) is 4.32. The van der Waals surface area contributed by atoms with E-state index in [4.69, 9.17) is 9.47 Å². The van der Waals surface area contributed by atoms with Gasteiger partial charge in [-0.25, -0.2) is 10.2 Å². The van der Waals surface area contributed by atoms with E-state index in [1.54, 1.807) is 44.8 Å². The van der Waals surface area contributed by atoms with E-state index in [-0.39, 0.29) is 6.61 Å². The highest BCUT2D eigenvalue weighted by atomic mass is 16.6. The van der Waals surface area contributed by atoms with Gasteiger partial charge in [0, 0.05) is 12.4 Å². The first-order valence-corrected chi connectivity index (χ1v) is 6.55. The molecule has 2 rings (SSSR count). The van der Waals surface area contributed by atoms with Crippen LogP contribution in [0, 0.1) is 0 Å². The first kappa shape index (κ1) is 15.4. The average molecular weight is 300 g/mol. The molecule has 0 saturated carbocycles. The van der Waals surface area contributed by atoms with E-state index in [0.717, 1.165) is 11.3 Å². The monoisotopic (exact) mass is 300 g/mol. The van der Waals surface area contributed by atoms with Gasteiger partial charge in [0.2, 0.25) is 0 Å². The molecule has 7 heteroatoms. The summed E-state index contributed by atoms with van der Waals surface area (Å²) in [6.45, 7) is 1.86. The van der Waals surface area contributed by atoms with Gasteiger partial charge in [0.15, 0.2) is 0 Å². The molecule has 0 aliphatic rings. The van der Waals surface area contributed by atoms with Crippen molar-refractivity contribution >= 4 is 11.8 Å². The van der Waals surface area contributed by atoms with E-state index in [0.29, 0.717) is 11.4 Å². The van der Waals surface area contributed by atoms with Gasteiger partial charge in [-0.1, -0.05) is 12.1 Å². The zero-order chi connectivity index (χ0) is 15.8. The van der Waals surface area contributed by atoms with Crippen LogP contribution in [0.3, 0.4) is 0 Å². The average Bonchev–Trinajstić information content (AvgIpc) is 2.59. The fourth-order valence-corrected chi connectivity index (χ4v) is 1.58. The molecule has 0 aliphatic heterocycles. The molecule has 114 valence electrons. The first-order valence-electron chi connectivity index (χ1n) is 6.55. The summed E-state index contributed by atoms with van der Waals surface area (Å²) < 4.78 is 10.1. The number of hydrogen-bond donors (Lipinski definition) is 1. The predicted molar refractivity (Wildman–Crippen MR) is 80.6 cm³/mol. The van der Waals surface area contributed by atoms with Crippen LogP contribution in [0.2, 0.25) is 0 Å². The SMILES string of the molecule is COc1ccc(COC(=O)NN=C(C)c2cnccn2)cc1. The third-order valence-corrected chi connectivity index (χ3v) is 2.78. The molecule has 1 aromatic carbocycles. The number of rotatable bonds is 5. The lowest BCUT2D eigenvalue weighted by molar-refractivity contribution is 0.140. The minimum Gasteiger partial charge on any atom is -0.497 e. The summed E-state index contributed by atoms with van der Waals surface area (Å²) >= 11 is 0. The normalized spacial score (nSPS) is 10.9. The van der Waals surface area contributed by atoms with Crippen molar-refractivity contribution in [2.75, 3.05) is 7.11 Å². The van der Waals surface area contributed by atoms with Crippen molar-refractivity contribution in [3.63, 3.8) is 0 Å². The number of aromatic nitrogens is 2. The predicted octanol–water partition coefficient (Wildman–Crippen LogP) is 2.14. The molecule has 22 heavy (non-hydrogen) atoms. The molecule has 0 saturated heterocycles. The number of methoxy groups -OCH3 is 1. The number of ether oxygens (including phenoxy) is 2. The highest BCUT2D eigenvalue weighted by molar-refractivity contribution is 5.96. The van der Waals surface area contributed by atoms with Crippen molar-refractivity contribution < 1.29 is 14.3 Å². The standard InChI is InChI=1S/C15H16N4O3/c1-11(14-9-16-7-8-17-14)18-19-15(20)22-10-12-3-5-13(21-2)6-4-12/h3-9H,10H2,1-2H3,(H,19,20). The zero-order valence-corrected chi connectivity index (χ0v) is 12.3. The quantitative estimate of drug-likeness (QED) is 0.675. The maximum absolute atomic E-state index is 11.6. The summed E-state index contributed by atoms with van der Waals surface area (Å²) in [6.07, 6.45) is 4.03. The molecule has 7 nitrogen and oxygen atoms in total. The number of benzene rings is 1. The van der Waals surface area contributed by atoms with Crippen molar-refractivity contribution in [2.45, 2.75) is 13.5 Å². The van der Waals surface area contributed by atoms with Crippen molar-refractivity contribution in [1.29, 1.82) is 0 Å². The summed E-state index contributed by atoms with van der Waals surface area (Å²) in [5, 5.41) is 3.90. The van der Waals surface area contributed by atoms with Crippen molar-refractivity contribution in [1.82, 2.24) is 15.4 Å². The fraction of sp³-hybridized carbons (Fsp3) is 0.200. The van der Waals surface area contributed by atoms with Crippen molar-refractivity contribution in [3.8, 4) is 5.75 Å². The van der Waals surface area contributed by atoms with E-state index in [1.165, 1.54) is 0 Å². The summed E-state index contributed by atoms with van der Waals surface area (Å²) in [6, 6.07) is 7.24. The summed E-state index contributed by atoms with van der Waals surface area (Å²) in [7, 11) is 1.59. The Balaban J connectivity index is 1.82.